The molecule has 0 unspecified atom stereocenters. The van der Waals surface area contributed by atoms with Gasteiger partial charge in [-0.3, -0.25) is 4.99 Å². The first-order valence-corrected chi connectivity index (χ1v) is 8.00. The van der Waals surface area contributed by atoms with E-state index in [0.717, 1.165) is 47.6 Å². The van der Waals surface area contributed by atoms with Crippen LogP contribution in [-0.4, -0.2) is 29.7 Å². The lowest BCUT2D eigenvalue weighted by molar-refractivity contribution is 0.297. The Hall–Kier alpha value is -1.36. The number of amidine groups is 1. The number of nitrogens with zero attached hydrogens (tertiary/aromatic N) is 1. The third kappa shape index (κ3) is 3.20. The molecule has 0 amide bonds. The van der Waals surface area contributed by atoms with Crippen LogP contribution in [0.15, 0.2) is 23.2 Å². The molecule has 0 atom stereocenters. The van der Waals surface area contributed by atoms with Gasteiger partial charge in [0.1, 0.15) is 0 Å². The minimum atomic E-state index is 0.0267. The topological polar surface area (TPSA) is 42.8 Å². The summed E-state index contributed by atoms with van der Waals surface area (Å²) >= 11 is 1.77. The lowest BCUT2D eigenvalue weighted by Crippen LogP contribution is -2.27. The van der Waals surface area contributed by atoms with Crippen LogP contribution in [0.25, 0.3) is 0 Å². The van der Waals surface area contributed by atoms with Gasteiger partial charge >= 0.3 is 0 Å². The van der Waals surface area contributed by atoms with Crippen molar-refractivity contribution in [1.82, 2.24) is 0 Å². The third-order valence-corrected chi connectivity index (χ3v) is 4.23. The zero-order valence-electron chi connectivity index (χ0n) is 11.9. The number of ether oxygens (including phenoxy) is 2. The van der Waals surface area contributed by atoms with Crippen molar-refractivity contribution in [3.05, 3.63) is 18.2 Å². The molecule has 108 valence electrons. The minimum absolute atomic E-state index is 0.0267. The molecule has 0 aliphatic carbocycles. The Kier molecular flexibility index (Phi) is 3.78. The van der Waals surface area contributed by atoms with Crippen LogP contribution in [0.1, 0.15) is 26.7 Å². The van der Waals surface area contributed by atoms with Gasteiger partial charge in [0.15, 0.2) is 16.7 Å². The van der Waals surface area contributed by atoms with Crippen LogP contribution in [0.5, 0.6) is 11.5 Å². The smallest absolute Gasteiger partial charge is 0.163 e. The van der Waals surface area contributed by atoms with Gasteiger partial charge in [0, 0.05) is 23.9 Å². The number of aliphatic imine (C=N–C) groups is 1. The van der Waals surface area contributed by atoms with Crippen LogP contribution < -0.4 is 14.8 Å². The van der Waals surface area contributed by atoms with E-state index in [1.54, 1.807) is 11.8 Å². The average Bonchev–Trinajstić information content (AvgIpc) is 2.62. The van der Waals surface area contributed by atoms with E-state index in [2.05, 4.69) is 19.2 Å². The Morgan fingerprint density at radius 1 is 1.20 bits per heavy atom. The first kappa shape index (κ1) is 13.6. The van der Waals surface area contributed by atoms with Gasteiger partial charge in [-0.25, -0.2) is 0 Å². The van der Waals surface area contributed by atoms with Crippen LogP contribution in [-0.2, 0) is 0 Å². The number of benzene rings is 1. The molecular formula is C15H20N2O2S. The third-order valence-electron chi connectivity index (χ3n) is 3.36. The van der Waals surface area contributed by atoms with E-state index in [0.29, 0.717) is 6.61 Å². The molecule has 0 saturated heterocycles. The second-order valence-corrected chi connectivity index (χ2v) is 6.75. The van der Waals surface area contributed by atoms with Crippen molar-refractivity contribution in [2.75, 3.05) is 24.3 Å². The average molecular weight is 292 g/mol. The number of thioether (sulfide) groups is 1. The summed E-state index contributed by atoms with van der Waals surface area (Å²) in [7, 11) is 0. The lowest BCUT2D eigenvalue weighted by atomic mass is 10.0. The van der Waals surface area contributed by atoms with Gasteiger partial charge in [-0.1, -0.05) is 11.8 Å². The highest BCUT2D eigenvalue weighted by atomic mass is 32.2. The van der Waals surface area contributed by atoms with E-state index in [1.165, 1.54) is 0 Å². The predicted octanol–water partition coefficient (Wildman–Crippen LogP) is 3.53. The molecule has 0 saturated carbocycles. The molecule has 0 bridgehead atoms. The Labute approximate surface area is 123 Å². The van der Waals surface area contributed by atoms with Crippen molar-refractivity contribution in [1.29, 1.82) is 0 Å². The van der Waals surface area contributed by atoms with E-state index in [-0.39, 0.29) is 5.54 Å². The summed E-state index contributed by atoms with van der Waals surface area (Å²) in [6.45, 7) is 5.76. The highest BCUT2D eigenvalue weighted by molar-refractivity contribution is 8.14. The molecule has 2 aliphatic heterocycles. The molecule has 1 aromatic rings. The molecule has 4 nitrogen and oxygen atoms in total. The summed E-state index contributed by atoms with van der Waals surface area (Å²) < 4.78 is 11.3. The molecule has 2 aliphatic rings. The number of hydrogen-bond acceptors (Lipinski definition) is 5. The van der Waals surface area contributed by atoms with Gasteiger partial charge in [-0.2, -0.15) is 0 Å². The van der Waals surface area contributed by atoms with E-state index in [4.69, 9.17) is 14.5 Å². The van der Waals surface area contributed by atoms with Crippen molar-refractivity contribution in [2.45, 2.75) is 32.2 Å². The largest absolute Gasteiger partial charge is 0.490 e. The van der Waals surface area contributed by atoms with Crippen LogP contribution in [0.2, 0.25) is 0 Å². The van der Waals surface area contributed by atoms with Crippen molar-refractivity contribution in [3.8, 4) is 11.5 Å². The van der Waals surface area contributed by atoms with E-state index < -0.39 is 0 Å². The van der Waals surface area contributed by atoms with Gasteiger partial charge in [0.05, 0.1) is 18.8 Å². The van der Waals surface area contributed by atoms with E-state index in [9.17, 15) is 0 Å². The fourth-order valence-corrected chi connectivity index (χ4v) is 3.49. The number of anilines is 1. The molecule has 0 spiro atoms. The molecule has 0 fully saturated rings. The van der Waals surface area contributed by atoms with Crippen molar-refractivity contribution in [2.24, 2.45) is 4.99 Å². The monoisotopic (exact) mass is 292 g/mol. The van der Waals surface area contributed by atoms with Gasteiger partial charge < -0.3 is 14.8 Å². The zero-order valence-corrected chi connectivity index (χ0v) is 12.8. The molecule has 3 rings (SSSR count). The number of nitrogens with one attached hydrogen (secondary N) is 1. The Morgan fingerprint density at radius 2 is 2.00 bits per heavy atom. The molecule has 5 heteroatoms. The maximum atomic E-state index is 5.71. The number of hydrogen-bond donors (Lipinski definition) is 1. The first-order chi connectivity index (χ1) is 9.62. The van der Waals surface area contributed by atoms with E-state index in [1.807, 2.05) is 18.2 Å². The van der Waals surface area contributed by atoms with Crippen LogP contribution >= 0.6 is 11.8 Å². The highest BCUT2D eigenvalue weighted by Crippen LogP contribution is 2.33. The van der Waals surface area contributed by atoms with Crippen LogP contribution in [0.4, 0.5) is 5.69 Å². The molecule has 1 N–H and O–H groups in total. The second kappa shape index (κ2) is 5.56. The second-order valence-electron chi connectivity index (χ2n) is 5.66. The van der Waals surface area contributed by atoms with Gasteiger partial charge in [0.2, 0.25) is 0 Å². The fourth-order valence-electron chi connectivity index (χ4n) is 2.19. The zero-order chi connectivity index (χ0) is 14.0. The molecule has 1 aromatic carbocycles. The molecular weight excluding hydrogens is 272 g/mol. The maximum absolute atomic E-state index is 5.71. The Balaban J connectivity index is 1.78. The van der Waals surface area contributed by atoms with Crippen LogP contribution in [0, 0.1) is 0 Å². The number of fused-ring (bicyclic) bond motifs is 1. The predicted molar refractivity (Wildman–Crippen MR) is 84.3 cm³/mol. The minimum Gasteiger partial charge on any atom is -0.490 e. The summed E-state index contributed by atoms with van der Waals surface area (Å²) in [5.74, 6) is 2.74. The Bertz CT molecular complexity index is 529. The van der Waals surface area contributed by atoms with Crippen molar-refractivity contribution in [3.63, 3.8) is 0 Å². The first-order valence-electron chi connectivity index (χ1n) is 7.02. The summed E-state index contributed by atoms with van der Waals surface area (Å²) in [4.78, 5) is 4.74. The molecule has 0 radical (unpaired) electrons. The summed E-state index contributed by atoms with van der Waals surface area (Å²) in [6, 6.07) is 5.96. The lowest BCUT2D eigenvalue weighted by Gasteiger charge is -2.26. The van der Waals surface area contributed by atoms with Gasteiger partial charge in [-0.15, -0.1) is 0 Å². The SMILES string of the molecule is CC1(C)CCSC(Nc2ccc3c(c2)OCCCO3)=N1. The standard InChI is InChI=1S/C15H20N2O2S/c1-15(2)6-9-20-14(17-15)16-11-4-5-12-13(10-11)19-8-3-7-18-12/h4-5,10H,3,6-9H2,1-2H3,(H,16,17). The summed E-state index contributed by atoms with van der Waals surface area (Å²) in [5.41, 5.74) is 1.03. The molecule has 20 heavy (non-hydrogen) atoms. The van der Waals surface area contributed by atoms with Crippen molar-refractivity contribution < 1.29 is 9.47 Å². The van der Waals surface area contributed by atoms with Gasteiger partial charge in [0.25, 0.3) is 0 Å². The Morgan fingerprint density at radius 3 is 2.80 bits per heavy atom. The van der Waals surface area contributed by atoms with Crippen LogP contribution in [0.3, 0.4) is 0 Å². The summed E-state index contributed by atoms with van der Waals surface area (Å²) in [6.07, 6.45) is 2.04. The quantitative estimate of drug-likeness (QED) is 0.860. The maximum Gasteiger partial charge on any atom is 0.163 e. The van der Waals surface area contributed by atoms with Crippen molar-refractivity contribution >= 4 is 22.6 Å². The number of rotatable bonds is 1. The molecule has 0 aromatic heterocycles. The molecule has 2 heterocycles. The normalized spacial score (nSPS) is 20.8. The van der Waals surface area contributed by atoms with Gasteiger partial charge in [-0.05, 0) is 32.4 Å². The summed E-state index contributed by atoms with van der Waals surface area (Å²) in [5, 5.41) is 4.37. The fraction of sp³-hybridized carbons (Fsp3) is 0.533. The highest BCUT2D eigenvalue weighted by Gasteiger charge is 2.22. The van der Waals surface area contributed by atoms with E-state index >= 15 is 0 Å².